The van der Waals surface area contributed by atoms with Crippen molar-refractivity contribution in [3.8, 4) is 0 Å². The smallest absolute Gasteiger partial charge is 0.207 e. The average Bonchev–Trinajstić information content (AvgIpc) is 2.55. The first-order valence-electron chi connectivity index (χ1n) is 7.62. The number of halogens is 1. The van der Waals surface area contributed by atoms with Crippen molar-refractivity contribution in [3.63, 3.8) is 0 Å². The van der Waals surface area contributed by atoms with E-state index in [1.165, 1.54) is 0 Å². The molecule has 1 fully saturated rings. The van der Waals surface area contributed by atoms with Gasteiger partial charge in [0.15, 0.2) is 0 Å². The van der Waals surface area contributed by atoms with Gasteiger partial charge in [-0.05, 0) is 36.0 Å². The van der Waals surface area contributed by atoms with Crippen LogP contribution in [-0.4, -0.2) is 25.8 Å². The molecular weight excluding hydrogens is 306 g/mol. The van der Waals surface area contributed by atoms with Gasteiger partial charge in [-0.2, -0.15) is 4.31 Å². The Morgan fingerprint density at radius 3 is 2.33 bits per heavy atom. The lowest BCUT2D eigenvalue weighted by molar-refractivity contribution is 0.141. The number of benzene rings is 1. The first-order chi connectivity index (χ1) is 9.97. The van der Waals surface area contributed by atoms with E-state index in [0.29, 0.717) is 29.3 Å². The van der Waals surface area contributed by atoms with E-state index < -0.39 is 10.0 Å². The lowest BCUT2D eigenvalue weighted by Crippen LogP contribution is -2.42. The Hall–Kier alpha value is -0.580. The van der Waals surface area contributed by atoms with Crippen LogP contribution in [0.2, 0.25) is 0 Å². The number of alkyl halides is 1. The molecular formula is C16H24ClNO2S. The molecule has 0 N–H and O–H groups in total. The van der Waals surface area contributed by atoms with Crippen LogP contribution in [0.4, 0.5) is 0 Å². The highest BCUT2D eigenvalue weighted by molar-refractivity contribution is 7.89. The first kappa shape index (κ1) is 16.8. The van der Waals surface area contributed by atoms with Gasteiger partial charge in [0, 0.05) is 19.0 Å². The minimum atomic E-state index is -3.39. The van der Waals surface area contributed by atoms with Crippen LogP contribution in [0, 0.1) is 5.41 Å². The molecule has 1 saturated heterocycles. The standard InChI is InChI=1S/C16H24ClNO2S/c1-3-16(4-2)8-10-18(11-9-16)21(19,20)15-7-5-6-14(12-15)13-17/h5-7,12H,3-4,8-11,13H2,1-2H3. The lowest BCUT2D eigenvalue weighted by Gasteiger charge is -2.40. The van der Waals surface area contributed by atoms with Gasteiger partial charge < -0.3 is 0 Å². The summed E-state index contributed by atoms with van der Waals surface area (Å²) in [5.74, 6) is 0.331. The molecule has 0 atom stereocenters. The van der Waals surface area contributed by atoms with Gasteiger partial charge in [0.25, 0.3) is 0 Å². The molecule has 0 spiro atoms. The summed E-state index contributed by atoms with van der Waals surface area (Å²) in [6.07, 6.45) is 4.15. The molecule has 1 aliphatic heterocycles. The Kier molecular flexibility index (Phi) is 5.33. The molecule has 0 aliphatic carbocycles. The van der Waals surface area contributed by atoms with Gasteiger partial charge in [0.2, 0.25) is 10.0 Å². The number of piperidine rings is 1. The third kappa shape index (κ3) is 3.43. The van der Waals surface area contributed by atoms with Crippen LogP contribution in [0.25, 0.3) is 0 Å². The first-order valence-corrected chi connectivity index (χ1v) is 9.60. The zero-order valence-corrected chi connectivity index (χ0v) is 14.4. The van der Waals surface area contributed by atoms with E-state index in [2.05, 4.69) is 13.8 Å². The molecule has 0 saturated carbocycles. The summed E-state index contributed by atoms with van der Waals surface area (Å²) >= 11 is 5.80. The van der Waals surface area contributed by atoms with Crippen LogP contribution in [0.1, 0.15) is 45.1 Å². The van der Waals surface area contributed by atoms with Gasteiger partial charge in [-0.1, -0.05) is 38.8 Å². The fourth-order valence-corrected chi connectivity index (χ4v) is 4.77. The Labute approximate surface area is 133 Å². The second-order valence-corrected chi connectivity index (χ2v) is 8.10. The molecule has 21 heavy (non-hydrogen) atoms. The fourth-order valence-electron chi connectivity index (χ4n) is 3.10. The second kappa shape index (κ2) is 6.67. The topological polar surface area (TPSA) is 37.4 Å². The van der Waals surface area contributed by atoms with Crippen molar-refractivity contribution < 1.29 is 8.42 Å². The number of hydrogen-bond donors (Lipinski definition) is 0. The molecule has 0 unspecified atom stereocenters. The fraction of sp³-hybridized carbons (Fsp3) is 0.625. The summed E-state index contributed by atoms with van der Waals surface area (Å²) in [5.41, 5.74) is 1.16. The Morgan fingerprint density at radius 1 is 1.19 bits per heavy atom. The van der Waals surface area contributed by atoms with E-state index >= 15 is 0 Å². The molecule has 0 radical (unpaired) electrons. The third-order valence-electron chi connectivity index (χ3n) is 4.97. The summed E-state index contributed by atoms with van der Waals surface area (Å²) < 4.78 is 27.1. The highest BCUT2D eigenvalue weighted by Gasteiger charge is 2.36. The summed E-state index contributed by atoms with van der Waals surface area (Å²) in [6, 6.07) is 6.95. The van der Waals surface area contributed by atoms with Crippen LogP contribution >= 0.6 is 11.6 Å². The zero-order valence-electron chi connectivity index (χ0n) is 12.8. The molecule has 1 aromatic carbocycles. The molecule has 1 aromatic rings. The van der Waals surface area contributed by atoms with E-state index in [1.54, 1.807) is 22.5 Å². The predicted octanol–water partition coefficient (Wildman–Crippen LogP) is 4.02. The Morgan fingerprint density at radius 2 is 1.81 bits per heavy atom. The maximum Gasteiger partial charge on any atom is 0.243 e. The van der Waals surface area contributed by atoms with Crippen molar-refractivity contribution >= 4 is 21.6 Å². The number of nitrogens with zero attached hydrogens (tertiary/aromatic N) is 1. The Balaban J connectivity index is 2.18. The normalized spacial score (nSPS) is 19.6. The minimum Gasteiger partial charge on any atom is -0.207 e. The van der Waals surface area contributed by atoms with E-state index in [9.17, 15) is 8.42 Å². The maximum absolute atomic E-state index is 12.7. The van der Waals surface area contributed by atoms with Gasteiger partial charge in [-0.25, -0.2) is 8.42 Å². The van der Waals surface area contributed by atoms with Crippen LogP contribution in [-0.2, 0) is 15.9 Å². The quantitative estimate of drug-likeness (QED) is 0.765. The molecule has 0 amide bonds. The van der Waals surface area contributed by atoms with E-state index in [4.69, 9.17) is 11.6 Å². The molecule has 0 aromatic heterocycles. The van der Waals surface area contributed by atoms with Gasteiger partial charge in [0.05, 0.1) is 4.90 Å². The molecule has 1 aliphatic rings. The third-order valence-corrected chi connectivity index (χ3v) is 7.18. The number of hydrogen-bond acceptors (Lipinski definition) is 2. The summed E-state index contributed by atoms with van der Waals surface area (Å²) in [7, 11) is -3.39. The average molecular weight is 330 g/mol. The molecule has 1 heterocycles. The monoisotopic (exact) mass is 329 g/mol. The molecule has 5 heteroatoms. The van der Waals surface area contributed by atoms with Crippen molar-refractivity contribution in [3.05, 3.63) is 29.8 Å². The van der Waals surface area contributed by atoms with E-state index in [-0.39, 0.29) is 0 Å². The van der Waals surface area contributed by atoms with Crippen molar-refractivity contribution in [2.75, 3.05) is 13.1 Å². The van der Waals surface area contributed by atoms with Crippen LogP contribution < -0.4 is 0 Å². The van der Waals surface area contributed by atoms with Gasteiger partial charge in [0.1, 0.15) is 0 Å². The van der Waals surface area contributed by atoms with Crippen LogP contribution in [0.15, 0.2) is 29.2 Å². The number of rotatable bonds is 5. The number of sulfonamides is 1. The highest BCUT2D eigenvalue weighted by atomic mass is 35.5. The lowest BCUT2D eigenvalue weighted by atomic mass is 9.75. The van der Waals surface area contributed by atoms with Crippen LogP contribution in [0.5, 0.6) is 0 Å². The largest absolute Gasteiger partial charge is 0.243 e. The molecule has 118 valence electrons. The minimum absolute atomic E-state index is 0.323. The van der Waals surface area contributed by atoms with Crippen molar-refractivity contribution in [2.45, 2.75) is 50.3 Å². The summed E-state index contributed by atoms with van der Waals surface area (Å²) in [5, 5.41) is 0. The molecule has 2 rings (SSSR count). The van der Waals surface area contributed by atoms with Crippen molar-refractivity contribution in [1.29, 1.82) is 0 Å². The highest BCUT2D eigenvalue weighted by Crippen LogP contribution is 2.39. The molecule has 0 bridgehead atoms. The van der Waals surface area contributed by atoms with Crippen LogP contribution in [0.3, 0.4) is 0 Å². The van der Waals surface area contributed by atoms with Gasteiger partial charge in [-0.3, -0.25) is 0 Å². The van der Waals surface area contributed by atoms with Crippen molar-refractivity contribution in [1.82, 2.24) is 4.31 Å². The van der Waals surface area contributed by atoms with Gasteiger partial charge >= 0.3 is 0 Å². The maximum atomic E-state index is 12.7. The Bertz CT molecular complexity index is 572. The molecule has 3 nitrogen and oxygen atoms in total. The summed E-state index contributed by atoms with van der Waals surface area (Å²) in [4.78, 5) is 0.362. The second-order valence-electron chi connectivity index (χ2n) is 5.89. The van der Waals surface area contributed by atoms with E-state index in [0.717, 1.165) is 31.2 Å². The van der Waals surface area contributed by atoms with Crippen molar-refractivity contribution in [2.24, 2.45) is 5.41 Å². The summed E-state index contributed by atoms with van der Waals surface area (Å²) in [6.45, 7) is 5.65. The SMILES string of the molecule is CCC1(CC)CCN(S(=O)(=O)c2cccc(CCl)c2)CC1. The van der Waals surface area contributed by atoms with Gasteiger partial charge in [-0.15, -0.1) is 11.6 Å². The van der Waals surface area contributed by atoms with E-state index in [1.807, 2.05) is 6.07 Å². The predicted molar refractivity (Wildman–Crippen MR) is 87.0 cm³/mol. The zero-order chi connectivity index (χ0) is 15.5.